The summed E-state index contributed by atoms with van der Waals surface area (Å²) in [4.78, 5) is 30.4. The molecule has 4 rings (SSSR count). The Hall–Kier alpha value is -2.37. The summed E-state index contributed by atoms with van der Waals surface area (Å²) in [6, 6.07) is 13.8. The van der Waals surface area contributed by atoms with Gasteiger partial charge in [0.25, 0.3) is 0 Å². The van der Waals surface area contributed by atoms with Crippen molar-refractivity contribution < 1.29 is 9.59 Å². The van der Waals surface area contributed by atoms with E-state index in [1.807, 2.05) is 61.2 Å². The number of aryl methyl sites for hydroxylation is 2. The highest BCUT2D eigenvalue weighted by atomic mass is 35.5. The van der Waals surface area contributed by atoms with Crippen LogP contribution in [0.25, 0.3) is 0 Å². The minimum atomic E-state index is -0.424. The molecule has 6 heteroatoms. The fourth-order valence-electron chi connectivity index (χ4n) is 5.18. The molecule has 1 aliphatic heterocycles. The van der Waals surface area contributed by atoms with Crippen LogP contribution < -0.4 is 5.32 Å². The van der Waals surface area contributed by atoms with Gasteiger partial charge in [0.05, 0.1) is 12.0 Å². The van der Waals surface area contributed by atoms with Crippen molar-refractivity contribution >= 4 is 29.1 Å². The molecule has 1 heterocycles. The van der Waals surface area contributed by atoms with Gasteiger partial charge >= 0.3 is 0 Å². The first-order chi connectivity index (χ1) is 15.4. The number of anilines is 1. The summed E-state index contributed by atoms with van der Waals surface area (Å²) in [5.74, 6) is 0.229. The molecule has 2 aromatic carbocycles. The molecule has 1 saturated heterocycles. The van der Waals surface area contributed by atoms with Gasteiger partial charge in [0.15, 0.2) is 0 Å². The molecular formula is C26H32ClN3O2. The second-order valence-corrected chi connectivity index (χ2v) is 9.62. The van der Waals surface area contributed by atoms with E-state index in [0.717, 1.165) is 48.1 Å². The smallest absolute Gasteiger partial charge is 0.238 e. The molecule has 32 heavy (non-hydrogen) atoms. The molecule has 170 valence electrons. The maximum absolute atomic E-state index is 13.6. The standard InChI is InChI=1S/C26H32ClN3O2/c1-19-6-5-7-20(2)24(19)28-23(31)18-29-14-16-30(17-15-29)25(32)26(12-3-4-13-26)21-8-10-22(27)11-9-21/h5-11H,3-4,12-18H2,1-2H3,(H,28,31). The van der Waals surface area contributed by atoms with Gasteiger partial charge in [-0.2, -0.15) is 0 Å². The zero-order valence-electron chi connectivity index (χ0n) is 19.0. The summed E-state index contributed by atoms with van der Waals surface area (Å²) in [6.07, 6.45) is 3.94. The molecule has 0 unspecified atom stereocenters. The Labute approximate surface area is 195 Å². The zero-order chi connectivity index (χ0) is 22.7. The van der Waals surface area contributed by atoms with Crippen LogP contribution in [0.3, 0.4) is 0 Å². The number of piperazine rings is 1. The fraction of sp³-hybridized carbons (Fsp3) is 0.462. The van der Waals surface area contributed by atoms with Gasteiger partial charge in [-0.05, 0) is 55.5 Å². The van der Waals surface area contributed by atoms with E-state index in [0.29, 0.717) is 37.7 Å². The molecule has 0 aromatic heterocycles. The van der Waals surface area contributed by atoms with E-state index in [-0.39, 0.29) is 11.8 Å². The van der Waals surface area contributed by atoms with Crippen LogP contribution in [0.1, 0.15) is 42.4 Å². The lowest BCUT2D eigenvalue weighted by molar-refractivity contribution is -0.139. The van der Waals surface area contributed by atoms with Crippen molar-refractivity contribution in [3.8, 4) is 0 Å². The van der Waals surface area contributed by atoms with Crippen LogP contribution in [0, 0.1) is 13.8 Å². The molecule has 2 aliphatic rings. The van der Waals surface area contributed by atoms with Gasteiger partial charge in [-0.15, -0.1) is 0 Å². The lowest BCUT2D eigenvalue weighted by Crippen LogP contribution is -2.54. The van der Waals surface area contributed by atoms with Crippen LogP contribution >= 0.6 is 11.6 Å². The third-order valence-electron chi connectivity index (χ3n) is 7.04. The Kier molecular flexibility index (Phi) is 6.87. The summed E-state index contributed by atoms with van der Waals surface area (Å²) < 4.78 is 0. The predicted molar refractivity (Wildman–Crippen MR) is 129 cm³/mol. The number of amides is 2. The highest BCUT2D eigenvalue weighted by molar-refractivity contribution is 6.30. The third kappa shape index (κ3) is 4.69. The Bertz CT molecular complexity index is 955. The average Bonchev–Trinajstić information content (AvgIpc) is 3.28. The number of nitrogens with zero attached hydrogens (tertiary/aromatic N) is 2. The minimum absolute atomic E-state index is 0.00407. The van der Waals surface area contributed by atoms with Gasteiger partial charge in [0.1, 0.15) is 0 Å². The molecule has 0 radical (unpaired) electrons. The van der Waals surface area contributed by atoms with Gasteiger partial charge in [-0.25, -0.2) is 0 Å². The SMILES string of the molecule is Cc1cccc(C)c1NC(=O)CN1CCN(C(=O)C2(c3ccc(Cl)cc3)CCCC2)CC1. The van der Waals surface area contributed by atoms with Crippen molar-refractivity contribution in [2.24, 2.45) is 0 Å². The molecule has 1 aliphatic carbocycles. The van der Waals surface area contributed by atoms with Gasteiger partial charge in [0, 0.05) is 36.9 Å². The number of carbonyl (C=O) groups excluding carboxylic acids is 2. The summed E-state index contributed by atoms with van der Waals surface area (Å²) in [6.45, 7) is 7.10. The number of para-hydroxylation sites is 1. The van der Waals surface area contributed by atoms with Crippen molar-refractivity contribution in [1.82, 2.24) is 9.80 Å². The van der Waals surface area contributed by atoms with Crippen LogP contribution in [0.4, 0.5) is 5.69 Å². The van der Waals surface area contributed by atoms with Crippen molar-refractivity contribution in [2.45, 2.75) is 44.9 Å². The quantitative estimate of drug-likeness (QED) is 0.722. The van der Waals surface area contributed by atoms with Gasteiger partial charge in [0.2, 0.25) is 11.8 Å². The predicted octanol–water partition coefficient (Wildman–Crippen LogP) is 4.55. The van der Waals surface area contributed by atoms with Crippen molar-refractivity contribution in [2.75, 3.05) is 38.0 Å². The second kappa shape index (κ2) is 9.63. The van der Waals surface area contributed by atoms with Crippen LogP contribution in [0.2, 0.25) is 5.02 Å². The zero-order valence-corrected chi connectivity index (χ0v) is 19.8. The molecule has 2 fully saturated rings. The van der Waals surface area contributed by atoms with E-state index in [1.54, 1.807) is 0 Å². The fourth-order valence-corrected chi connectivity index (χ4v) is 5.30. The molecule has 1 N–H and O–H groups in total. The third-order valence-corrected chi connectivity index (χ3v) is 7.29. The topological polar surface area (TPSA) is 52.7 Å². The first-order valence-corrected chi connectivity index (χ1v) is 11.9. The number of rotatable bonds is 5. The number of nitrogens with one attached hydrogen (secondary N) is 1. The molecule has 0 bridgehead atoms. The summed E-state index contributed by atoms with van der Waals surface area (Å²) in [5, 5.41) is 3.76. The second-order valence-electron chi connectivity index (χ2n) is 9.18. The number of hydrogen-bond acceptors (Lipinski definition) is 3. The van der Waals surface area contributed by atoms with Gasteiger partial charge in [-0.1, -0.05) is 54.8 Å². The average molecular weight is 454 g/mol. The molecule has 2 aromatic rings. The minimum Gasteiger partial charge on any atom is -0.339 e. The molecule has 5 nitrogen and oxygen atoms in total. The van der Waals surface area contributed by atoms with Crippen LogP contribution in [0.15, 0.2) is 42.5 Å². The van der Waals surface area contributed by atoms with E-state index in [4.69, 9.17) is 11.6 Å². The summed E-state index contributed by atoms with van der Waals surface area (Å²) >= 11 is 6.08. The highest BCUT2D eigenvalue weighted by Crippen LogP contribution is 2.43. The highest BCUT2D eigenvalue weighted by Gasteiger charge is 2.45. The van der Waals surface area contributed by atoms with Crippen molar-refractivity contribution in [1.29, 1.82) is 0 Å². The van der Waals surface area contributed by atoms with Crippen LogP contribution in [-0.4, -0.2) is 54.3 Å². The summed E-state index contributed by atoms with van der Waals surface area (Å²) in [5.41, 5.74) is 3.69. The van der Waals surface area contributed by atoms with E-state index in [1.165, 1.54) is 0 Å². The lowest BCUT2D eigenvalue weighted by atomic mass is 9.77. The summed E-state index contributed by atoms with van der Waals surface area (Å²) in [7, 11) is 0. The monoisotopic (exact) mass is 453 g/mol. The van der Waals surface area contributed by atoms with E-state index >= 15 is 0 Å². The van der Waals surface area contributed by atoms with Crippen LogP contribution in [0.5, 0.6) is 0 Å². The number of carbonyl (C=O) groups is 2. The van der Waals surface area contributed by atoms with E-state index in [9.17, 15) is 9.59 Å². The Morgan fingerprint density at radius 1 is 0.938 bits per heavy atom. The van der Waals surface area contributed by atoms with E-state index in [2.05, 4.69) is 10.2 Å². The normalized spacial score (nSPS) is 18.5. The number of hydrogen-bond donors (Lipinski definition) is 1. The molecule has 0 spiro atoms. The maximum atomic E-state index is 13.6. The first kappa shape index (κ1) is 22.8. The van der Waals surface area contributed by atoms with Crippen molar-refractivity contribution in [3.63, 3.8) is 0 Å². The molecular weight excluding hydrogens is 422 g/mol. The van der Waals surface area contributed by atoms with Gasteiger partial charge in [-0.3, -0.25) is 14.5 Å². The van der Waals surface area contributed by atoms with Crippen LogP contribution in [-0.2, 0) is 15.0 Å². The maximum Gasteiger partial charge on any atom is 0.238 e. The first-order valence-electron chi connectivity index (χ1n) is 11.5. The van der Waals surface area contributed by atoms with E-state index < -0.39 is 5.41 Å². The molecule has 0 atom stereocenters. The number of halogens is 1. The Morgan fingerprint density at radius 2 is 1.53 bits per heavy atom. The number of benzene rings is 2. The molecule has 1 saturated carbocycles. The Morgan fingerprint density at radius 3 is 2.12 bits per heavy atom. The molecule has 2 amide bonds. The van der Waals surface area contributed by atoms with Gasteiger partial charge < -0.3 is 10.2 Å². The van der Waals surface area contributed by atoms with Crippen molar-refractivity contribution in [3.05, 3.63) is 64.2 Å². The largest absolute Gasteiger partial charge is 0.339 e. The Balaban J connectivity index is 1.36. The lowest BCUT2D eigenvalue weighted by Gasteiger charge is -2.40.